The molecule has 0 amide bonds. The lowest BCUT2D eigenvalue weighted by molar-refractivity contribution is 0.436. The summed E-state index contributed by atoms with van der Waals surface area (Å²) in [6.45, 7) is 0. The maximum Gasteiger partial charge on any atom is 0.132 e. The summed E-state index contributed by atoms with van der Waals surface area (Å²) >= 11 is 0. The van der Waals surface area contributed by atoms with Crippen LogP contribution in [0.15, 0.2) is 273 Å². The number of anilines is 3. The zero-order valence-electron chi connectivity index (χ0n) is 40.7. The monoisotopic (exact) mass is 955 g/mol. The average molecular weight is 956 g/mol. The summed E-state index contributed by atoms with van der Waals surface area (Å²) in [7, 11) is 0. The summed E-state index contributed by atoms with van der Waals surface area (Å²) < 4.78 is 13.6. The second-order valence-corrected chi connectivity index (χ2v) is 20.2. The van der Waals surface area contributed by atoms with Gasteiger partial charge in [0.2, 0.25) is 0 Å². The number of hydrogen-bond donors (Lipinski definition) is 0. The zero-order chi connectivity index (χ0) is 49.2. The average Bonchev–Trinajstić information content (AvgIpc) is 4.18. The fourth-order valence-corrected chi connectivity index (χ4v) is 13.6. The van der Waals surface area contributed by atoms with Gasteiger partial charge < -0.3 is 14.4 Å². The molecule has 0 atom stereocenters. The number of benzene rings is 12. The van der Waals surface area contributed by atoms with E-state index in [2.05, 4.69) is 278 Å². The van der Waals surface area contributed by atoms with Crippen LogP contribution in [0.25, 0.3) is 55.3 Å². The molecule has 2 spiro atoms. The highest BCUT2D eigenvalue weighted by molar-refractivity contribution is 6.12. The molecule has 16 rings (SSSR count). The summed E-state index contributed by atoms with van der Waals surface area (Å²) in [5, 5.41) is 2.37. The van der Waals surface area contributed by atoms with Gasteiger partial charge in [-0.25, -0.2) is 0 Å². The maximum atomic E-state index is 6.84. The Bertz CT molecular complexity index is 4220. The van der Waals surface area contributed by atoms with Crippen molar-refractivity contribution in [2.45, 2.75) is 10.8 Å². The van der Waals surface area contributed by atoms with Gasteiger partial charge in [-0.3, -0.25) is 0 Å². The van der Waals surface area contributed by atoms with E-state index in [4.69, 9.17) is 9.47 Å². The molecule has 350 valence electrons. The fraction of sp³-hybridized carbons (Fsp3) is 0.0278. The standard InChI is InChI=1S/C72H45NO2/c1-2-19-46(20-3-1)47-37-39-48(40-38-47)49-41-43-50(44-42-49)73(63-32-18-31-61-70(63)54-24-7-9-26-56(54)71(61)57-27-10-14-33-65(57)74-66-34-15-11-28-58(66)71)64-45-62-69(52-22-5-4-21-51(52)64)53-23-6-8-25-55(53)72(62)59-29-12-16-35-67(59)75-68-36-17-13-30-60(68)72/h1-45H. The molecule has 75 heavy (non-hydrogen) atoms. The third-order valence-electron chi connectivity index (χ3n) is 16.6. The van der Waals surface area contributed by atoms with Crippen molar-refractivity contribution in [2.75, 3.05) is 4.90 Å². The molecule has 2 aliphatic heterocycles. The van der Waals surface area contributed by atoms with Gasteiger partial charge in [-0.05, 0) is 115 Å². The van der Waals surface area contributed by atoms with E-state index in [0.29, 0.717) is 0 Å². The lowest BCUT2D eigenvalue weighted by Gasteiger charge is -2.40. The van der Waals surface area contributed by atoms with Crippen molar-refractivity contribution >= 4 is 27.8 Å². The van der Waals surface area contributed by atoms with Gasteiger partial charge in [-0.2, -0.15) is 0 Å². The van der Waals surface area contributed by atoms with Crippen molar-refractivity contribution in [2.24, 2.45) is 0 Å². The number of fused-ring (bicyclic) bond motifs is 20. The van der Waals surface area contributed by atoms with E-state index in [0.717, 1.165) is 73.3 Å². The van der Waals surface area contributed by atoms with Crippen molar-refractivity contribution in [3.63, 3.8) is 0 Å². The summed E-state index contributed by atoms with van der Waals surface area (Å²) in [4.78, 5) is 2.56. The van der Waals surface area contributed by atoms with Crippen LogP contribution in [-0.2, 0) is 10.8 Å². The fourth-order valence-electron chi connectivity index (χ4n) is 13.6. The van der Waals surface area contributed by atoms with Crippen LogP contribution >= 0.6 is 0 Å². The molecule has 0 aromatic heterocycles. The molecule has 0 N–H and O–H groups in total. The molecule has 12 aromatic carbocycles. The van der Waals surface area contributed by atoms with Crippen LogP contribution in [0.5, 0.6) is 23.0 Å². The van der Waals surface area contributed by atoms with Crippen molar-refractivity contribution in [3.8, 4) is 67.5 Å². The topological polar surface area (TPSA) is 21.7 Å². The van der Waals surface area contributed by atoms with Crippen molar-refractivity contribution in [1.29, 1.82) is 0 Å². The molecule has 0 saturated heterocycles. The smallest absolute Gasteiger partial charge is 0.132 e. The van der Waals surface area contributed by atoms with Gasteiger partial charge >= 0.3 is 0 Å². The lowest BCUT2D eigenvalue weighted by Crippen LogP contribution is -2.32. The minimum atomic E-state index is -0.678. The molecule has 12 aromatic rings. The minimum Gasteiger partial charge on any atom is -0.457 e. The van der Waals surface area contributed by atoms with Crippen molar-refractivity contribution < 1.29 is 9.47 Å². The third-order valence-corrected chi connectivity index (χ3v) is 16.6. The molecular formula is C72H45NO2. The summed E-state index contributed by atoms with van der Waals surface area (Å²) in [5.74, 6) is 3.50. The molecule has 3 heteroatoms. The number of para-hydroxylation sites is 4. The predicted molar refractivity (Wildman–Crippen MR) is 304 cm³/mol. The zero-order valence-corrected chi connectivity index (χ0v) is 40.7. The molecule has 0 unspecified atom stereocenters. The normalized spacial score (nSPS) is 14.0. The third kappa shape index (κ3) is 5.70. The van der Waals surface area contributed by atoms with Crippen LogP contribution in [0, 0.1) is 0 Å². The van der Waals surface area contributed by atoms with Gasteiger partial charge in [0, 0.05) is 38.9 Å². The Labute approximate surface area is 435 Å². The second-order valence-electron chi connectivity index (χ2n) is 20.2. The van der Waals surface area contributed by atoms with Gasteiger partial charge in [0.25, 0.3) is 0 Å². The lowest BCUT2D eigenvalue weighted by atomic mass is 9.66. The molecule has 0 fully saturated rings. The first kappa shape index (κ1) is 41.9. The van der Waals surface area contributed by atoms with Gasteiger partial charge in [-0.15, -0.1) is 0 Å². The number of nitrogens with zero attached hydrogens (tertiary/aromatic N) is 1. The Morgan fingerprint density at radius 2 is 0.640 bits per heavy atom. The Hall–Kier alpha value is -9.70. The quantitative estimate of drug-likeness (QED) is 0.172. The van der Waals surface area contributed by atoms with Gasteiger partial charge in [0.1, 0.15) is 23.0 Å². The van der Waals surface area contributed by atoms with Crippen LogP contribution in [-0.4, -0.2) is 0 Å². The maximum absolute atomic E-state index is 6.84. The van der Waals surface area contributed by atoms with Gasteiger partial charge in [0.05, 0.1) is 22.2 Å². The van der Waals surface area contributed by atoms with Crippen LogP contribution < -0.4 is 14.4 Å². The molecule has 0 saturated carbocycles. The predicted octanol–water partition coefficient (Wildman–Crippen LogP) is 18.6. The highest BCUT2D eigenvalue weighted by Gasteiger charge is 2.54. The Balaban J connectivity index is 0.996. The molecule has 2 aliphatic carbocycles. The number of hydrogen-bond acceptors (Lipinski definition) is 3. The van der Waals surface area contributed by atoms with E-state index in [1.807, 2.05) is 0 Å². The van der Waals surface area contributed by atoms with E-state index in [-0.39, 0.29) is 0 Å². The van der Waals surface area contributed by atoms with E-state index in [1.54, 1.807) is 0 Å². The van der Waals surface area contributed by atoms with Crippen LogP contribution in [0.3, 0.4) is 0 Å². The van der Waals surface area contributed by atoms with Gasteiger partial charge in [0.15, 0.2) is 0 Å². The van der Waals surface area contributed by atoms with E-state index < -0.39 is 10.8 Å². The first-order valence-corrected chi connectivity index (χ1v) is 25.9. The van der Waals surface area contributed by atoms with E-state index in [1.165, 1.54) is 66.6 Å². The van der Waals surface area contributed by atoms with Crippen LogP contribution in [0.2, 0.25) is 0 Å². The van der Waals surface area contributed by atoms with Crippen LogP contribution in [0.1, 0.15) is 44.5 Å². The number of ether oxygens (including phenoxy) is 2. The first-order valence-electron chi connectivity index (χ1n) is 25.9. The Morgan fingerprint density at radius 1 is 0.253 bits per heavy atom. The molecule has 0 radical (unpaired) electrons. The van der Waals surface area contributed by atoms with Crippen molar-refractivity contribution in [3.05, 3.63) is 317 Å². The molecule has 2 heterocycles. The molecule has 4 aliphatic rings. The SMILES string of the molecule is c1ccc(-c2ccc(-c3ccc(N(c4cccc5c4-c4ccccc4C54c5ccccc5Oc5ccccc54)c4cc5c(c6ccccc46)-c4ccccc4C54c5ccccc5Oc5ccccc54)cc3)cc2)cc1. The molecular weight excluding hydrogens is 911 g/mol. The van der Waals surface area contributed by atoms with Crippen molar-refractivity contribution in [1.82, 2.24) is 0 Å². The first-order chi connectivity index (χ1) is 37.2. The second kappa shape index (κ2) is 15.9. The highest BCUT2D eigenvalue weighted by Crippen LogP contribution is 2.67. The highest BCUT2D eigenvalue weighted by atomic mass is 16.5. The Kier molecular flexibility index (Phi) is 8.88. The molecule has 0 bridgehead atoms. The summed E-state index contributed by atoms with van der Waals surface area (Å²) in [5.41, 5.74) is 21.1. The van der Waals surface area contributed by atoms with Crippen LogP contribution in [0.4, 0.5) is 17.1 Å². The summed E-state index contributed by atoms with van der Waals surface area (Å²) in [6, 6.07) is 100. The minimum absolute atomic E-state index is 0.643. The summed E-state index contributed by atoms with van der Waals surface area (Å²) in [6.07, 6.45) is 0. The largest absolute Gasteiger partial charge is 0.457 e. The molecule has 3 nitrogen and oxygen atoms in total. The number of rotatable bonds is 5. The van der Waals surface area contributed by atoms with Gasteiger partial charge in [-0.1, -0.05) is 224 Å². The Morgan fingerprint density at radius 3 is 1.17 bits per heavy atom. The van der Waals surface area contributed by atoms with E-state index >= 15 is 0 Å². The van der Waals surface area contributed by atoms with E-state index in [9.17, 15) is 0 Å².